The molecule has 3 rings (SSSR count). The third-order valence-electron chi connectivity index (χ3n) is 4.46. The average Bonchev–Trinajstić information content (AvgIpc) is 2.91. The predicted octanol–water partition coefficient (Wildman–Crippen LogP) is 2.04. The van der Waals surface area contributed by atoms with Crippen molar-refractivity contribution < 1.29 is 17.9 Å². The van der Waals surface area contributed by atoms with Gasteiger partial charge in [0.05, 0.1) is 23.2 Å². The Bertz CT molecular complexity index is 604. The molecule has 0 saturated carbocycles. The lowest BCUT2D eigenvalue weighted by molar-refractivity contribution is -0.0353. The number of hydrogen-bond acceptors (Lipinski definition) is 4. The van der Waals surface area contributed by atoms with E-state index in [-0.39, 0.29) is 11.7 Å². The van der Waals surface area contributed by atoms with Crippen molar-refractivity contribution in [1.82, 2.24) is 4.31 Å². The van der Waals surface area contributed by atoms with Crippen LogP contribution >= 0.6 is 0 Å². The predicted molar refractivity (Wildman–Crippen MR) is 83.1 cm³/mol. The summed E-state index contributed by atoms with van der Waals surface area (Å²) in [5.41, 5.74) is -0.375. The SMILES string of the molecule is CCO[C@@H]1CO[C@]2(CCCN(S(=O)(=O)c3ccccc3)C2)C1. The third-order valence-corrected chi connectivity index (χ3v) is 6.32. The molecule has 0 bridgehead atoms. The van der Waals surface area contributed by atoms with Gasteiger partial charge in [-0.05, 0) is 31.9 Å². The van der Waals surface area contributed by atoms with Gasteiger partial charge in [-0.3, -0.25) is 0 Å². The molecule has 0 radical (unpaired) electrons. The van der Waals surface area contributed by atoms with Gasteiger partial charge in [0, 0.05) is 26.1 Å². The lowest BCUT2D eigenvalue weighted by Crippen LogP contribution is -2.50. The molecular weight excluding hydrogens is 302 g/mol. The smallest absolute Gasteiger partial charge is 0.243 e. The van der Waals surface area contributed by atoms with Crippen LogP contribution in [0.2, 0.25) is 0 Å². The Morgan fingerprint density at radius 3 is 2.86 bits per heavy atom. The summed E-state index contributed by atoms with van der Waals surface area (Å²) in [6, 6.07) is 8.63. The standard InChI is InChI=1S/C16H23NO4S/c1-2-20-14-11-16(21-12-14)9-6-10-17(13-16)22(18,19)15-7-4-3-5-8-15/h3-5,7-8,14H,2,6,9-13H2,1H3/t14-,16+/m0/s1. The Labute approximate surface area is 132 Å². The van der Waals surface area contributed by atoms with Crippen LogP contribution in [0.15, 0.2) is 35.2 Å². The molecule has 2 atom stereocenters. The van der Waals surface area contributed by atoms with Gasteiger partial charge in [-0.1, -0.05) is 18.2 Å². The van der Waals surface area contributed by atoms with E-state index in [1.807, 2.05) is 13.0 Å². The van der Waals surface area contributed by atoms with Gasteiger partial charge in [0.1, 0.15) is 0 Å². The molecule has 6 heteroatoms. The Hall–Kier alpha value is -0.950. The molecule has 0 amide bonds. The van der Waals surface area contributed by atoms with Crippen LogP contribution in [0.4, 0.5) is 0 Å². The minimum Gasteiger partial charge on any atom is -0.376 e. The highest BCUT2D eigenvalue weighted by Crippen LogP contribution is 2.37. The summed E-state index contributed by atoms with van der Waals surface area (Å²) in [7, 11) is -3.44. The summed E-state index contributed by atoms with van der Waals surface area (Å²) >= 11 is 0. The van der Waals surface area contributed by atoms with Gasteiger partial charge in [0.15, 0.2) is 0 Å². The van der Waals surface area contributed by atoms with Gasteiger partial charge in [-0.15, -0.1) is 0 Å². The molecule has 0 unspecified atom stereocenters. The number of hydrogen-bond donors (Lipinski definition) is 0. The van der Waals surface area contributed by atoms with Crippen LogP contribution in [0.1, 0.15) is 26.2 Å². The van der Waals surface area contributed by atoms with Crippen molar-refractivity contribution in [2.45, 2.75) is 42.8 Å². The van der Waals surface area contributed by atoms with Crippen molar-refractivity contribution in [1.29, 1.82) is 0 Å². The molecule has 1 spiro atoms. The molecule has 2 aliphatic rings. The molecule has 5 nitrogen and oxygen atoms in total. The fourth-order valence-electron chi connectivity index (χ4n) is 3.43. The lowest BCUT2D eigenvalue weighted by Gasteiger charge is -2.38. The number of benzene rings is 1. The zero-order chi connectivity index (χ0) is 15.6. The zero-order valence-corrected chi connectivity index (χ0v) is 13.7. The zero-order valence-electron chi connectivity index (χ0n) is 12.9. The van der Waals surface area contributed by atoms with Gasteiger partial charge in [0.2, 0.25) is 10.0 Å². The molecule has 2 fully saturated rings. The summed E-state index contributed by atoms with van der Waals surface area (Å²) < 4.78 is 38.7. The summed E-state index contributed by atoms with van der Waals surface area (Å²) in [4.78, 5) is 0.353. The normalized spacial score (nSPS) is 30.0. The van der Waals surface area contributed by atoms with E-state index in [9.17, 15) is 8.42 Å². The Morgan fingerprint density at radius 1 is 1.36 bits per heavy atom. The molecule has 22 heavy (non-hydrogen) atoms. The van der Waals surface area contributed by atoms with Crippen molar-refractivity contribution in [3.8, 4) is 0 Å². The molecular formula is C16H23NO4S. The first kappa shape index (κ1) is 15.9. The van der Waals surface area contributed by atoms with Crippen molar-refractivity contribution in [2.75, 3.05) is 26.3 Å². The number of rotatable bonds is 4. The number of piperidine rings is 1. The van der Waals surface area contributed by atoms with Crippen LogP contribution < -0.4 is 0 Å². The monoisotopic (exact) mass is 325 g/mol. The molecule has 2 aliphatic heterocycles. The number of nitrogens with zero attached hydrogens (tertiary/aromatic N) is 1. The molecule has 2 heterocycles. The molecule has 0 N–H and O–H groups in total. The molecule has 122 valence electrons. The Kier molecular flexibility index (Phi) is 4.54. The van der Waals surface area contributed by atoms with E-state index < -0.39 is 10.0 Å². The first-order valence-electron chi connectivity index (χ1n) is 7.86. The van der Waals surface area contributed by atoms with E-state index in [0.717, 1.165) is 19.3 Å². The second-order valence-electron chi connectivity index (χ2n) is 6.03. The van der Waals surface area contributed by atoms with Crippen LogP contribution in [0.3, 0.4) is 0 Å². The van der Waals surface area contributed by atoms with Crippen molar-refractivity contribution in [2.24, 2.45) is 0 Å². The maximum absolute atomic E-state index is 12.8. The summed E-state index contributed by atoms with van der Waals surface area (Å²) in [5.74, 6) is 0. The molecule has 1 aromatic rings. The minimum atomic E-state index is -3.44. The van der Waals surface area contributed by atoms with E-state index in [1.165, 1.54) is 0 Å². The largest absolute Gasteiger partial charge is 0.376 e. The van der Waals surface area contributed by atoms with E-state index in [1.54, 1.807) is 28.6 Å². The highest BCUT2D eigenvalue weighted by molar-refractivity contribution is 7.89. The van der Waals surface area contributed by atoms with Crippen molar-refractivity contribution >= 4 is 10.0 Å². The molecule has 1 aromatic carbocycles. The van der Waals surface area contributed by atoms with E-state index in [2.05, 4.69) is 0 Å². The van der Waals surface area contributed by atoms with Gasteiger partial charge in [-0.25, -0.2) is 8.42 Å². The second kappa shape index (κ2) is 6.28. The van der Waals surface area contributed by atoms with Crippen molar-refractivity contribution in [3.63, 3.8) is 0 Å². The fraction of sp³-hybridized carbons (Fsp3) is 0.625. The Balaban J connectivity index is 1.76. The first-order chi connectivity index (χ1) is 10.6. The summed E-state index contributed by atoms with van der Waals surface area (Å²) in [6.45, 7) is 4.18. The van der Waals surface area contributed by atoms with E-state index in [0.29, 0.717) is 31.2 Å². The number of ether oxygens (including phenoxy) is 2. The second-order valence-corrected chi connectivity index (χ2v) is 7.97. The van der Waals surface area contributed by atoms with Crippen LogP contribution in [0.5, 0.6) is 0 Å². The molecule has 0 aliphatic carbocycles. The van der Waals surface area contributed by atoms with E-state index >= 15 is 0 Å². The number of sulfonamides is 1. The third kappa shape index (κ3) is 3.06. The average molecular weight is 325 g/mol. The van der Waals surface area contributed by atoms with Gasteiger partial charge >= 0.3 is 0 Å². The van der Waals surface area contributed by atoms with Crippen LogP contribution in [0.25, 0.3) is 0 Å². The van der Waals surface area contributed by atoms with Crippen molar-refractivity contribution in [3.05, 3.63) is 30.3 Å². The topological polar surface area (TPSA) is 55.8 Å². The first-order valence-corrected chi connectivity index (χ1v) is 9.30. The summed E-state index contributed by atoms with van der Waals surface area (Å²) in [6.07, 6.45) is 2.59. The summed E-state index contributed by atoms with van der Waals surface area (Å²) in [5, 5.41) is 0. The highest BCUT2D eigenvalue weighted by atomic mass is 32.2. The van der Waals surface area contributed by atoms with Crippen LogP contribution in [-0.2, 0) is 19.5 Å². The quantitative estimate of drug-likeness (QED) is 0.850. The lowest BCUT2D eigenvalue weighted by atomic mass is 9.90. The fourth-order valence-corrected chi connectivity index (χ4v) is 5.01. The van der Waals surface area contributed by atoms with Gasteiger partial charge in [-0.2, -0.15) is 4.31 Å². The highest BCUT2D eigenvalue weighted by Gasteiger charge is 2.46. The van der Waals surface area contributed by atoms with E-state index in [4.69, 9.17) is 9.47 Å². The molecule has 0 aromatic heterocycles. The Morgan fingerprint density at radius 2 is 2.14 bits per heavy atom. The van der Waals surface area contributed by atoms with Gasteiger partial charge in [0.25, 0.3) is 0 Å². The van der Waals surface area contributed by atoms with Crippen LogP contribution in [0, 0.1) is 0 Å². The maximum Gasteiger partial charge on any atom is 0.243 e. The maximum atomic E-state index is 12.8. The van der Waals surface area contributed by atoms with Gasteiger partial charge < -0.3 is 9.47 Å². The minimum absolute atomic E-state index is 0.0874. The molecule has 2 saturated heterocycles. The van der Waals surface area contributed by atoms with Crippen LogP contribution in [-0.4, -0.2) is 50.7 Å².